The molecule has 2 aliphatic carbocycles. The molecule has 122 heavy (non-hydrogen) atoms. The third-order valence-corrected chi connectivity index (χ3v) is 28.6. The minimum Gasteiger partial charge on any atom is -0.457 e. The van der Waals surface area contributed by atoms with E-state index in [9.17, 15) is 0 Å². The molecule has 7 nitrogen and oxygen atoms in total. The third kappa shape index (κ3) is 10.8. The van der Waals surface area contributed by atoms with Crippen molar-refractivity contribution in [3.8, 4) is 113 Å². The molecule has 0 saturated carbocycles. The summed E-state index contributed by atoms with van der Waals surface area (Å²) in [6.45, 7) is 0. The zero-order valence-electron chi connectivity index (χ0n) is 66.0. The molecule has 0 atom stereocenters. The van der Waals surface area contributed by atoms with Gasteiger partial charge in [0.2, 0.25) is 0 Å². The minimum absolute atomic E-state index is 0.563. The Morgan fingerprint density at radius 3 is 0.967 bits per heavy atom. The van der Waals surface area contributed by atoms with Gasteiger partial charge in [0, 0.05) is 87.4 Å². The lowest BCUT2D eigenvalue weighted by Gasteiger charge is -2.39. The van der Waals surface area contributed by atoms with Crippen LogP contribution >= 0.6 is 7.14 Å². The van der Waals surface area contributed by atoms with Crippen molar-refractivity contribution in [1.82, 2.24) is 19.9 Å². The van der Waals surface area contributed by atoms with E-state index in [1.807, 2.05) is 97.1 Å². The summed E-state index contributed by atoms with van der Waals surface area (Å²) in [5.41, 5.74) is 27.5. The van der Waals surface area contributed by atoms with Gasteiger partial charge < -0.3 is 14.0 Å². The highest BCUT2D eigenvalue weighted by Gasteiger charge is 2.53. The Balaban J connectivity index is 0.000000138. The highest BCUT2D eigenvalue weighted by Crippen LogP contribution is 2.65. The number of rotatable bonds is 9. The van der Waals surface area contributed by atoms with E-state index < -0.39 is 18.0 Å². The second-order valence-corrected chi connectivity index (χ2v) is 34.7. The number of aromatic nitrogens is 4. The van der Waals surface area contributed by atoms with Crippen LogP contribution in [0.4, 0.5) is 0 Å². The lowest BCUT2D eigenvalue weighted by molar-refractivity contribution is 0.436. The Kier molecular flexibility index (Phi) is 16.3. The van der Waals surface area contributed by atoms with Gasteiger partial charge in [0.1, 0.15) is 23.0 Å². The number of pyridine rings is 2. The smallest absolute Gasteiger partial charge is 0.171 e. The lowest BCUT2D eigenvalue weighted by atomic mass is 9.66. The monoisotopic (exact) mass is 1570 g/mol. The Hall–Kier alpha value is -15.5. The van der Waals surface area contributed by atoms with Crippen LogP contribution in [0.2, 0.25) is 0 Å². The standard InChI is InChI=1S/C58H35N3O.C56H36NO2P/c1-3-15-37(16-4-1)56-46-34-45-41-19-7-9-21-47(41)58(48-22-10-13-25-53(48)62-54-26-14-11-23-49(54)58)50(45)35-44(46)42-32-31-40(33-52(42)59-56)36-27-29-38(30-28-36)55-43-20-8-12-24-51(43)60-57(61-55)39-17-5-2-6-18-39;58-60(40-18-6-2-7-19-40,41-20-8-3-9-21-41)42-31-28-37(29-32-42)39-30-33-44-45-36-51-46(35-47(45)55(57-52(44)34-39)38-16-4-1-5-17-38)43-22-10-11-23-48(43)56(51)49-24-12-14-26-53(49)59-54-27-15-13-25-50(54)56/h1-35H;1-36H. The topological polar surface area (TPSA) is 87.1 Å². The third-order valence-electron chi connectivity index (χ3n) is 25.5. The first-order chi connectivity index (χ1) is 60.3. The van der Waals surface area contributed by atoms with Crippen molar-refractivity contribution in [3.63, 3.8) is 0 Å². The van der Waals surface area contributed by atoms with Gasteiger partial charge in [-0.2, -0.15) is 0 Å². The Bertz CT molecular complexity index is 7770. The summed E-state index contributed by atoms with van der Waals surface area (Å²) < 4.78 is 28.4. The second-order valence-electron chi connectivity index (χ2n) is 32.0. The van der Waals surface area contributed by atoms with E-state index in [0.29, 0.717) is 0 Å². The molecule has 2 spiro atoms. The summed E-state index contributed by atoms with van der Waals surface area (Å²) in [6, 6.07) is 151. The molecule has 0 unspecified atom stereocenters. The van der Waals surface area contributed by atoms with E-state index >= 15 is 4.57 Å². The summed E-state index contributed by atoms with van der Waals surface area (Å²) in [5.74, 6) is 4.25. The predicted molar refractivity (Wildman–Crippen MR) is 498 cm³/mol. The molecule has 21 aromatic rings. The molecule has 8 heteroatoms. The Morgan fingerprint density at radius 2 is 0.525 bits per heavy atom. The zero-order valence-corrected chi connectivity index (χ0v) is 66.8. The molecule has 0 bridgehead atoms. The molecule has 0 fully saturated rings. The highest BCUT2D eigenvalue weighted by molar-refractivity contribution is 7.85. The average molecular weight is 1580 g/mol. The molecule has 4 aliphatic rings. The second kappa shape index (κ2) is 28.1. The molecular formula is C114H71N4O3P. The molecule has 18 aromatic carbocycles. The molecule has 0 saturated heterocycles. The van der Waals surface area contributed by atoms with Gasteiger partial charge in [0.25, 0.3) is 0 Å². The molecule has 5 heterocycles. The van der Waals surface area contributed by atoms with Crippen molar-refractivity contribution in [2.75, 3.05) is 0 Å². The Labute approximate surface area is 705 Å². The van der Waals surface area contributed by atoms with E-state index in [1.54, 1.807) is 0 Å². The van der Waals surface area contributed by atoms with Gasteiger partial charge in [0.05, 0.1) is 44.5 Å². The van der Waals surface area contributed by atoms with Crippen molar-refractivity contribution in [3.05, 3.63) is 475 Å². The van der Waals surface area contributed by atoms with Crippen LogP contribution in [0.3, 0.4) is 0 Å². The zero-order chi connectivity index (χ0) is 80.6. The van der Waals surface area contributed by atoms with Crippen molar-refractivity contribution >= 4 is 77.3 Å². The van der Waals surface area contributed by atoms with Crippen molar-refractivity contribution in [2.45, 2.75) is 10.8 Å². The number of benzene rings is 18. The van der Waals surface area contributed by atoms with Crippen molar-refractivity contribution in [1.29, 1.82) is 0 Å². The fraction of sp³-hybridized carbons (Fsp3) is 0.0175. The molecule has 0 N–H and O–H groups in total. The number of ether oxygens (including phenoxy) is 2. The van der Waals surface area contributed by atoms with Gasteiger partial charge in [0.15, 0.2) is 13.0 Å². The van der Waals surface area contributed by atoms with Gasteiger partial charge in [-0.05, 0) is 144 Å². The largest absolute Gasteiger partial charge is 0.457 e. The number of para-hydroxylation sites is 5. The van der Waals surface area contributed by atoms with Crippen LogP contribution in [0, 0.1) is 0 Å². The van der Waals surface area contributed by atoms with Crippen molar-refractivity contribution < 1.29 is 14.0 Å². The molecule has 570 valence electrons. The van der Waals surface area contributed by atoms with Gasteiger partial charge in [-0.15, -0.1) is 0 Å². The van der Waals surface area contributed by atoms with Crippen LogP contribution in [-0.4, -0.2) is 19.9 Å². The van der Waals surface area contributed by atoms with Crippen molar-refractivity contribution in [2.24, 2.45) is 0 Å². The fourth-order valence-corrected chi connectivity index (χ4v) is 22.8. The molecule has 3 aromatic heterocycles. The maximum absolute atomic E-state index is 15.1. The maximum Gasteiger partial charge on any atom is 0.171 e. The van der Waals surface area contributed by atoms with Crippen LogP contribution in [0.5, 0.6) is 23.0 Å². The maximum atomic E-state index is 15.1. The fourth-order valence-electron chi connectivity index (χ4n) is 20.1. The summed E-state index contributed by atoms with van der Waals surface area (Å²) in [6.07, 6.45) is 0. The Morgan fingerprint density at radius 1 is 0.197 bits per heavy atom. The predicted octanol–water partition coefficient (Wildman–Crippen LogP) is 27.3. The lowest BCUT2D eigenvalue weighted by Crippen LogP contribution is -2.32. The van der Waals surface area contributed by atoms with E-state index in [0.717, 1.165) is 177 Å². The van der Waals surface area contributed by atoms with E-state index in [1.165, 1.54) is 49.9 Å². The number of nitrogens with zero attached hydrogens (tertiary/aromatic N) is 4. The van der Waals surface area contributed by atoms with Gasteiger partial charge in [-0.25, -0.2) is 19.9 Å². The highest BCUT2D eigenvalue weighted by atomic mass is 31.2. The SMILES string of the molecule is O=P(c1ccccc1)(c1ccccc1)c1ccc(-c2ccc3c(c2)nc(-c2ccccc2)c2cc4c(cc23)C2(c3ccccc3Oc3ccccc32)c2ccccc2-4)cc1.c1ccc(-c2nc(-c3ccc(-c4ccc5c(c4)nc(-c4ccccc4)c4cc6c(cc45)C4(c5ccccc5Oc5ccccc54)c4ccccc4-6)cc3)c3ccccc3n2)cc1. The summed E-state index contributed by atoms with van der Waals surface area (Å²) in [5, 5.41) is 10.3. The van der Waals surface area contributed by atoms with Gasteiger partial charge >= 0.3 is 0 Å². The van der Waals surface area contributed by atoms with Crippen LogP contribution in [-0.2, 0) is 15.4 Å². The van der Waals surface area contributed by atoms with E-state index in [-0.39, 0.29) is 0 Å². The minimum atomic E-state index is -3.10. The summed E-state index contributed by atoms with van der Waals surface area (Å²) >= 11 is 0. The molecule has 0 radical (unpaired) electrons. The van der Waals surface area contributed by atoms with E-state index in [2.05, 4.69) is 334 Å². The summed E-state index contributed by atoms with van der Waals surface area (Å²) in [7, 11) is -3.10. The first kappa shape index (κ1) is 70.7. The van der Waals surface area contributed by atoms with Crippen LogP contribution < -0.4 is 25.4 Å². The molecule has 2 aliphatic heterocycles. The molecule has 25 rings (SSSR count). The quantitative estimate of drug-likeness (QED) is 0.105. The summed E-state index contributed by atoms with van der Waals surface area (Å²) in [4.78, 5) is 21.1. The number of hydrogen-bond acceptors (Lipinski definition) is 7. The van der Waals surface area contributed by atoms with E-state index in [4.69, 9.17) is 29.4 Å². The molecular weight excluding hydrogens is 1500 g/mol. The molecule has 0 amide bonds. The number of fused-ring (bicyclic) bond motifs is 25. The average Bonchev–Trinajstić information content (AvgIpc) is 1.59. The first-order valence-electron chi connectivity index (χ1n) is 41.5. The number of hydrogen-bond donors (Lipinski definition) is 0. The normalized spacial score (nSPS) is 13.2. The van der Waals surface area contributed by atoms with Crippen LogP contribution in [0.1, 0.15) is 44.5 Å². The van der Waals surface area contributed by atoms with Crippen LogP contribution in [0.15, 0.2) is 431 Å². The first-order valence-corrected chi connectivity index (χ1v) is 43.2. The van der Waals surface area contributed by atoms with Gasteiger partial charge in [-0.3, -0.25) is 0 Å². The van der Waals surface area contributed by atoms with Crippen LogP contribution in [0.25, 0.3) is 144 Å². The van der Waals surface area contributed by atoms with Gasteiger partial charge in [-0.1, -0.05) is 364 Å².